The molecule has 0 saturated heterocycles. The van der Waals surface area contributed by atoms with Crippen molar-refractivity contribution in [3.05, 3.63) is 34.9 Å². The molecular formula is C15H23NO. The second kappa shape index (κ2) is 5.65. The van der Waals surface area contributed by atoms with Crippen molar-refractivity contribution < 1.29 is 4.74 Å². The van der Waals surface area contributed by atoms with Gasteiger partial charge in [0.1, 0.15) is 0 Å². The summed E-state index contributed by atoms with van der Waals surface area (Å²) >= 11 is 0. The van der Waals surface area contributed by atoms with E-state index in [-0.39, 0.29) is 0 Å². The van der Waals surface area contributed by atoms with Crippen LogP contribution in [0.5, 0.6) is 0 Å². The highest BCUT2D eigenvalue weighted by Gasteiger charge is 2.22. The molecule has 0 spiro atoms. The van der Waals surface area contributed by atoms with Crippen LogP contribution < -0.4 is 0 Å². The van der Waals surface area contributed by atoms with Crippen molar-refractivity contribution in [1.29, 1.82) is 0 Å². The Bertz CT molecular complexity index is 375. The lowest BCUT2D eigenvalue weighted by atomic mass is 9.93. The predicted octanol–water partition coefficient (Wildman–Crippen LogP) is 2.64. The van der Waals surface area contributed by atoms with Gasteiger partial charge in [0.05, 0.1) is 6.61 Å². The summed E-state index contributed by atoms with van der Waals surface area (Å²) in [6.45, 7) is 7.47. The van der Waals surface area contributed by atoms with Crippen LogP contribution in [0, 0.1) is 0 Å². The van der Waals surface area contributed by atoms with Crippen LogP contribution in [0.3, 0.4) is 0 Å². The standard InChI is InChI=1S/C15H23NO/c1-4-13-5-6-14-9-12(2)16(7-8-17-3)11-15(14)10-13/h5-6,10,12H,4,7-9,11H2,1-3H3. The maximum absolute atomic E-state index is 5.18. The number of methoxy groups -OCH3 is 1. The molecule has 1 aliphatic rings. The van der Waals surface area contributed by atoms with E-state index in [0.29, 0.717) is 6.04 Å². The lowest BCUT2D eigenvalue weighted by Gasteiger charge is -2.34. The Morgan fingerprint density at radius 3 is 2.88 bits per heavy atom. The average Bonchev–Trinajstić information content (AvgIpc) is 2.35. The fraction of sp³-hybridized carbons (Fsp3) is 0.600. The molecule has 0 aromatic heterocycles. The summed E-state index contributed by atoms with van der Waals surface area (Å²) < 4.78 is 5.18. The normalized spacial score (nSPS) is 20.3. The second-order valence-electron chi connectivity index (χ2n) is 4.97. The first-order valence-electron chi connectivity index (χ1n) is 6.58. The first-order valence-corrected chi connectivity index (χ1v) is 6.58. The molecule has 2 heteroatoms. The molecule has 0 saturated carbocycles. The van der Waals surface area contributed by atoms with E-state index in [1.54, 1.807) is 7.11 Å². The van der Waals surface area contributed by atoms with Crippen molar-refractivity contribution in [3.63, 3.8) is 0 Å². The van der Waals surface area contributed by atoms with Crippen molar-refractivity contribution >= 4 is 0 Å². The largest absolute Gasteiger partial charge is 0.383 e. The minimum Gasteiger partial charge on any atom is -0.383 e. The summed E-state index contributed by atoms with van der Waals surface area (Å²) in [5.74, 6) is 0. The molecule has 1 heterocycles. The van der Waals surface area contributed by atoms with Crippen LogP contribution in [0.2, 0.25) is 0 Å². The van der Waals surface area contributed by atoms with Gasteiger partial charge >= 0.3 is 0 Å². The number of benzene rings is 1. The molecule has 2 rings (SSSR count). The zero-order valence-corrected chi connectivity index (χ0v) is 11.2. The van der Waals surface area contributed by atoms with E-state index in [9.17, 15) is 0 Å². The Labute approximate surface area is 105 Å². The fourth-order valence-electron chi connectivity index (χ4n) is 2.58. The first kappa shape index (κ1) is 12.6. The maximum atomic E-state index is 5.18. The maximum Gasteiger partial charge on any atom is 0.0589 e. The molecule has 1 aliphatic heterocycles. The molecule has 0 fully saturated rings. The number of rotatable bonds is 4. The lowest BCUT2D eigenvalue weighted by Crippen LogP contribution is -2.40. The third-order valence-corrected chi connectivity index (χ3v) is 3.77. The molecule has 1 atom stereocenters. The van der Waals surface area contributed by atoms with E-state index in [1.165, 1.54) is 23.1 Å². The van der Waals surface area contributed by atoms with Crippen LogP contribution in [0.4, 0.5) is 0 Å². The average molecular weight is 233 g/mol. The van der Waals surface area contributed by atoms with Crippen LogP contribution in [-0.4, -0.2) is 31.2 Å². The lowest BCUT2D eigenvalue weighted by molar-refractivity contribution is 0.113. The van der Waals surface area contributed by atoms with Gasteiger partial charge in [-0.25, -0.2) is 0 Å². The summed E-state index contributed by atoms with van der Waals surface area (Å²) in [6.07, 6.45) is 2.30. The van der Waals surface area contributed by atoms with Crippen molar-refractivity contribution in [2.45, 2.75) is 39.3 Å². The van der Waals surface area contributed by atoms with Crippen molar-refractivity contribution in [1.82, 2.24) is 4.90 Å². The molecule has 1 aromatic carbocycles. The van der Waals surface area contributed by atoms with E-state index >= 15 is 0 Å². The van der Waals surface area contributed by atoms with Gasteiger partial charge in [-0.3, -0.25) is 4.90 Å². The molecule has 17 heavy (non-hydrogen) atoms. The topological polar surface area (TPSA) is 12.5 Å². The number of fused-ring (bicyclic) bond motifs is 1. The highest BCUT2D eigenvalue weighted by Crippen LogP contribution is 2.24. The second-order valence-corrected chi connectivity index (χ2v) is 4.97. The van der Waals surface area contributed by atoms with Gasteiger partial charge in [-0.1, -0.05) is 25.1 Å². The molecule has 0 N–H and O–H groups in total. The number of nitrogens with zero attached hydrogens (tertiary/aromatic N) is 1. The molecular weight excluding hydrogens is 210 g/mol. The Balaban J connectivity index is 2.13. The molecule has 0 bridgehead atoms. The third kappa shape index (κ3) is 2.88. The van der Waals surface area contributed by atoms with Crippen LogP contribution in [-0.2, 0) is 24.1 Å². The Morgan fingerprint density at radius 1 is 1.35 bits per heavy atom. The van der Waals surface area contributed by atoms with Crippen molar-refractivity contribution in [2.75, 3.05) is 20.3 Å². The highest BCUT2D eigenvalue weighted by atomic mass is 16.5. The Morgan fingerprint density at radius 2 is 2.18 bits per heavy atom. The Kier molecular flexibility index (Phi) is 4.19. The van der Waals surface area contributed by atoms with Crippen LogP contribution >= 0.6 is 0 Å². The third-order valence-electron chi connectivity index (χ3n) is 3.77. The van der Waals surface area contributed by atoms with Crippen molar-refractivity contribution in [3.8, 4) is 0 Å². The quantitative estimate of drug-likeness (QED) is 0.792. The van der Waals surface area contributed by atoms with Gasteiger partial charge < -0.3 is 4.74 Å². The fourth-order valence-corrected chi connectivity index (χ4v) is 2.58. The summed E-state index contributed by atoms with van der Waals surface area (Å²) in [7, 11) is 1.78. The number of ether oxygens (including phenoxy) is 1. The number of hydrogen-bond donors (Lipinski definition) is 0. The number of hydrogen-bond acceptors (Lipinski definition) is 2. The minimum absolute atomic E-state index is 0.630. The molecule has 1 aromatic rings. The molecule has 0 aliphatic carbocycles. The van der Waals surface area contributed by atoms with E-state index in [4.69, 9.17) is 4.74 Å². The van der Waals surface area contributed by atoms with Gasteiger partial charge in [0.25, 0.3) is 0 Å². The van der Waals surface area contributed by atoms with Gasteiger partial charge in [-0.05, 0) is 36.5 Å². The van der Waals surface area contributed by atoms with Gasteiger partial charge in [-0.2, -0.15) is 0 Å². The van der Waals surface area contributed by atoms with Crippen LogP contribution in [0.25, 0.3) is 0 Å². The molecule has 94 valence electrons. The molecule has 2 nitrogen and oxygen atoms in total. The van der Waals surface area contributed by atoms with E-state index in [0.717, 1.165) is 26.1 Å². The Hall–Kier alpha value is -0.860. The zero-order chi connectivity index (χ0) is 12.3. The first-order chi connectivity index (χ1) is 8.24. The molecule has 1 unspecified atom stereocenters. The summed E-state index contributed by atoms with van der Waals surface area (Å²) in [5.41, 5.74) is 4.49. The monoisotopic (exact) mass is 233 g/mol. The predicted molar refractivity (Wildman–Crippen MR) is 71.3 cm³/mol. The summed E-state index contributed by atoms with van der Waals surface area (Å²) in [5, 5.41) is 0. The van der Waals surface area contributed by atoms with Gasteiger partial charge in [-0.15, -0.1) is 0 Å². The van der Waals surface area contributed by atoms with Crippen LogP contribution in [0.15, 0.2) is 18.2 Å². The zero-order valence-electron chi connectivity index (χ0n) is 11.2. The molecule has 0 amide bonds. The van der Waals surface area contributed by atoms with Gasteiger partial charge in [0.2, 0.25) is 0 Å². The minimum atomic E-state index is 0.630. The number of aryl methyl sites for hydroxylation is 1. The van der Waals surface area contributed by atoms with E-state index in [1.807, 2.05) is 0 Å². The summed E-state index contributed by atoms with van der Waals surface area (Å²) in [6, 6.07) is 7.60. The van der Waals surface area contributed by atoms with E-state index in [2.05, 4.69) is 36.9 Å². The van der Waals surface area contributed by atoms with Gasteiger partial charge in [0.15, 0.2) is 0 Å². The molecule has 0 radical (unpaired) electrons. The highest BCUT2D eigenvalue weighted by molar-refractivity contribution is 5.34. The van der Waals surface area contributed by atoms with Crippen molar-refractivity contribution in [2.24, 2.45) is 0 Å². The smallest absolute Gasteiger partial charge is 0.0589 e. The summed E-state index contributed by atoms with van der Waals surface area (Å²) in [4.78, 5) is 2.52. The van der Waals surface area contributed by atoms with E-state index < -0.39 is 0 Å². The van der Waals surface area contributed by atoms with Gasteiger partial charge in [0, 0.05) is 26.2 Å². The van der Waals surface area contributed by atoms with Crippen LogP contribution in [0.1, 0.15) is 30.5 Å². The SMILES string of the molecule is CCc1ccc2c(c1)CN(CCOC)C(C)C2.